The molecule has 154 valence electrons. The molecule has 2 atom stereocenters. The number of carbonyl (C=O) groups is 4. The van der Waals surface area contributed by atoms with Gasteiger partial charge in [-0.3, -0.25) is 9.59 Å². The maximum Gasteiger partial charge on any atom is 0.329 e. The Hall–Kier alpha value is -2.20. The van der Waals surface area contributed by atoms with Crippen molar-refractivity contribution in [2.24, 2.45) is 0 Å². The monoisotopic (exact) mass is 428 g/mol. The van der Waals surface area contributed by atoms with Crippen molar-refractivity contribution in [3.05, 3.63) is 35.4 Å². The second-order valence-corrected chi connectivity index (χ2v) is 6.23. The van der Waals surface area contributed by atoms with Gasteiger partial charge in [0.25, 0.3) is 11.8 Å². The van der Waals surface area contributed by atoms with Crippen LogP contribution in [0, 0.1) is 0 Å². The molecule has 1 aromatic rings. The van der Waals surface area contributed by atoms with Crippen LogP contribution in [-0.2, 0) is 19.1 Å². The second-order valence-electron chi connectivity index (χ2n) is 5.50. The number of hydrogen-bond acceptors (Lipinski definition) is 8. The van der Waals surface area contributed by atoms with Crippen LogP contribution in [0.3, 0.4) is 0 Å². The van der Waals surface area contributed by atoms with Crippen molar-refractivity contribution < 1.29 is 28.7 Å². The third-order valence-electron chi connectivity index (χ3n) is 3.53. The van der Waals surface area contributed by atoms with Crippen molar-refractivity contribution in [1.29, 1.82) is 0 Å². The van der Waals surface area contributed by atoms with E-state index in [1.54, 1.807) is 13.8 Å². The second kappa shape index (κ2) is 12.3. The van der Waals surface area contributed by atoms with Crippen LogP contribution in [0.15, 0.2) is 24.3 Å². The summed E-state index contributed by atoms with van der Waals surface area (Å²) in [4.78, 5) is 48.0. The number of carbonyl (C=O) groups excluding carboxylic acids is 4. The Balaban J connectivity index is 2.76. The number of thiol groups is 2. The predicted octanol–water partition coefficient (Wildman–Crippen LogP) is 0.869. The minimum absolute atomic E-state index is 0.0873. The molecule has 8 nitrogen and oxygen atoms in total. The Kier molecular flexibility index (Phi) is 10.5. The van der Waals surface area contributed by atoms with Crippen LogP contribution in [0.1, 0.15) is 34.6 Å². The molecule has 28 heavy (non-hydrogen) atoms. The topological polar surface area (TPSA) is 111 Å². The summed E-state index contributed by atoms with van der Waals surface area (Å²) in [6, 6.07) is 3.99. The van der Waals surface area contributed by atoms with E-state index in [2.05, 4.69) is 35.9 Å². The Morgan fingerprint density at radius 2 is 1.11 bits per heavy atom. The van der Waals surface area contributed by atoms with Crippen molar-refractivity contribution in [2.75, 3.05) is 24.7 Å². The Morgan fingerprint density at radius 3 is 1.36 bits per heavy atom. The third-order valence-corrected chi connectivity index (χ3v) is 4.26. The van der Waals surface area contributed by atoms with E-state index in [9.17, 15) is 19.2 Å². The fraction of sp³-hybridized carbons (Fsp3) is 0.444. The first-order chi connectivity index (χ1) is 13.4. The Bertz CT molecular complexity index is 637. The molecule has 0 heterocycles. The minimum atomic E-state index is -0.875. The van der Waals surface area contributed by atoms with Crippen LogP contribution in [-0.4, -0.2) is 60.6 Å². The van der Waals surface area contributed by atoms with Crippen LogP contribution in [0.4, 0.5) is 0 Å². The van der Waals surface area contributed by atoms with Crippen molar-refractivity contribution >= 4 is 49.0 Å². The molecule has 0 bridgehead atoms. The van der Waals surface area contributed by atoms with E-state index in [1.165, 1.54) is 24.3 Å². The zero-order chi connectivity index (χ0) is 21.1. The Labute approximate surface area is 174 Å². The number of benzene rings is 1. The summed E-state index contributed by atoms with van der Waals surface area (Å²) in [6.45, 7) is 3.72. The summed E-state index contributed by atoms with van der Waals surface area (Å²) in [7, 11) is 0. The predicted molar refractivity (Wildman–Crippen MR) is 110 cm³/mol. The van der Waals surface area contributed by atoms with Gasteiger partial charge in [-0.05, 0) is 38.1 Å². The average Bonchev–Trinajstić information content (AvgIpc) is 2.70. The average molecular weight is 429 g/mol. The Morgan fingerprint density at radius 1 is 0.786 bits per heavy atom. The molecule has 0 aliphatic heterocycles. The minimum Gasteiger partial charge on any atom is -0.464 e. The molecule has 0 spiro atoms. The van der Waals surface area contributed by atoms with Gasteiger partial charge in [-0.1, -0.05) is 0 Å². The van der Waals surface area contributed by atoms with Crippen molar-refractivity contribution in [1.82, 2.24) is 10.6 Å². The fourth-order valence-electron chi connectivity index (χ4n) is 2.10. The van der Waals surface area contributed by atoms with Gasteiger partial charge in [0.15, 0.2) is 0 Å². The van der Waals surface area contributed by atoms with Gasteiger partial charge in [0.1, 0.15) is 12.1 Å². The standard InChI is InChI=1S/C18H24N2O6S2/c1-3-25-17(23)13(9-27)19-15(21)11-5-7-12(8-6-11)16(22)20-14(10-28)18(24)26-4-2/h5-8,13-14,27-28H,3-4,9-10H2,1-2H3,(H,19,21)(H,20,22). The summed E-state index contributed by atoms with van der Waals surface area (Å²) >= 11 is 8.08. The van der Waals surface area contributed by atoms with E-state index in [1.807, 2.05) is 0 Å². The van der Waals surface area contributed by atoms with Crippen LogP contribution in [0.5, 0.6) is 0 Å². The number of nitrogens with one attached hydrogen (secondary N) is 2. The number of esters is 2. The number of rotatable bonds is 10. The van der Waals surface area contributed by atoms with Crippen LogP contribution >= 0.6 is 25.3 Å². The molecule has 2 unspecified atom stereocenters. The first-order valence-corrected chi connectivity index (χ1v) is 9.91. The zero-order valence-electron chi connectivity index (χ0n) is 15.6. The molecule has 10 heteroatoms. The van der Waals surface area contributed by atoms with E-state index in [0.717, 1.165) is 0 Å². The molecule has 0 radical (unpaired) electrons. The highest BCUT2D eigenvalue weighted by atomic mass is 32.1. The lowest BCUT2D eigenvalue weighted by Crippen LogP contribution is -2.43. The quantitative estimate of drug-likeness (QED) is 0.325. The van der Waals surface area contributed by atoms with Gasteiger partial charge in [-0.2, -0.15) is 25.3 Å². The van der Waals surface area contributed by atoms with Crippen molar-refractivity contribution in [3.8, 4) is 0 Å². The summed E-state index contributed by atoms with van der Waals surface area (Å²) < 4.78 is 9.73. The van der Waals surface area contributed by atoms with Crippen molar-refractivity contribution in [2.45, 2.75) is 25.9 Å². The van der Waals surface area contributed by atoms with Gasteiger partial charge >= 0.3 is 11.9 Å². The van der Waals surface area contributed by atoms with E-state index in [0.29, 0.717) is 0 Å². The summed E-state index contributed by atoms with van der Waals surface area (Å²) in [5.41, 5.74) is 0.507. The lowest BCUT2D eigenvalue weighted by molar-refractivity contribution is -0.145. The number of amides is 2. The van der Waals surface area contributed by atoms with Gasteiger partial charge < -0.3 is 20.1 Å². The van der Waals surface area contributed by atoms with Crippen LogP contribution in [0.25, 0.3) is 0 Å². The van der Waals surface area contributed by atoms with Gasteiger partial charge in [-0.15, -0.1) is 0 Å². The number of hydrogen-bond donors (Lipinski definition) is 4. The third kappa shape index (κ3) is 7.08. The normalized spacial score (nSPS) is 12.4. The summed E-state index contributed by atoms with van der Waals surface area (Å²) in [5.74, 6) is -1.97. The largest absolute Gasteiger partial charge is 0.464 e. The molecule has 1 rings (SSSR count). The molecule has 0 saturated carbocycles. The zero-order valence-corrected chi connectivity index (χ0v) is 17.4. The van der Waals surface area contributed by atoms with Crippen LogP contribution in [0.2, 0.25) is 0 Å². The molecular formula is C18H24N2O6S2. The molecule has 0 saturated heterocycles. The highest BCUT2D eigenvalue weighted by Gasteiger charge is 2.23. The van der Waals surface area contributed by atoms with Gasteiger partial charge in [0, 0.05) is 22.6 Å². The number of ether oxygens (including phenoxy) is 2. The highest BCUT2D eigenvalue weighted by Crippen LogP contribution is 2.07. The SMILES string of the molecule is CCOC(=O)C(CS)NC(=O)c1ccc(C(=O)NC(CS)C(=O)OCC)cc1. The van der Waals surface area contributed by atoms with Crippen molar-refractivity contribution in [3.63, 3.8) is 0 Å². The molecule has 0 aliphatic rings. The first-order valence-electron chi connectivity index (χ1n) is 8.64. The van der Waals surface area contributed by atoms with E-state index in [-0.39, 0.29) is 35.8 Å². The van der Waals surface area contributed by atoms with E-state index in [4.69, 9.17) is 9.47 Å². The van der Waals surface area contributed by atoms with Gasteiger partial charge in [-0.25, -0.2) is 9.59 Å². The molecule has 2 amide bonds. The fourth-order valence-corrected chi connectivity index (χ4v) is 2.58. The van der Waals surface area contributed by atoms with Gasteiger partial charge in [0.05, 0.1) is 13.2 Å². The first kappa shape index (κ1) is 23.8. The molecule has 0 aromatic heterocycles. The molecule has 2 N–H and O–H groups in total. The highest BCUT2D eigenvalue weighted by molar-refractivity contribution is 7.80. The summed E-state index contributed by atoms with van der Waals surface area (Å²) in [5, 5.41) is 5.05. The lowest BCUT2D eigenvalue weighted by atomic mass is 10.1. The molecular weight excluding hydrogens is 404 g/mol. The molecule has 1 aromatic carbocycles. The van der Waals surface area contributed by atoms with Crippen LogP contribution < -0.4 is 10.6 Å². The van der Waals surface area contributed by atoms with Gasteiger partial charge in [0.2, 0.25) is 0 Å². The lowest BCUT2D eigenvalue weighted by Gasteiger charge is -2.16. The van der Waals surface area contributed by atoms with E-state index >= 15 is 0 Å². The van der Waals surface area contributed by atoms with E-state index < -0.39 is 35.8 Å². The molecule has 0 fully saturated rings. The summed E-state index contributed by atoms with van der Waals surface area (Å²) in [6.07, 6.45) is 0. The molecule has 0 aliphatic carbocycles. The smallest absolute Gasteiger partial charge is 0.329 e. The maximum absolute atomic E-state index is 12.3. The maximum atomic E-state index is 12.3.